The number of rotatable bonds is 5. The Morgan fingerprint density at radius 3 is 2.86 bits per heavy atom. The molecule has 0 spiro atoms. The number of ether oxygens (including phenoxy) is 1. The SMILES string of the molecule is CCc1cccc(OCCC(C)N)c1. The van der Waals surface area contributed by atoms with E-state index >= 15 is 0 Å². The Balaban J connectivity index is 2.42. The maximum absolute atomic E-state index is 5.63. The van der Waals surface area contributed by atoms with Crippen molar-refractivity contribution in [1.29, 1.82) is 0 Å². The van der Waals surface area contributed by atoms with E-state index in [0.29, 0.717) is 6.61 Å². The Bertz CT molecular complexity index is 271. The van der Waals surface area contributed by atoms with Crippen molar-refractivity contribution in [2.75, 3.05) is 6.61 Å². The molecule has 1 rings (SSSR count). The first kappa shape index (κ1) is 11.1. The molecule has 2 heteroatoms. The number of hydrogen-bond acceptors (Lipinski definition) is 2. The first-order chi connectivity index (χ1) is 6.72. The van der Waals surface area contributed by atoms with Gasteiger partial charge in [-0.1, -0.05) is 19.1 Å². The van der Waals surface area contributed by atoms with Gasteiger partial charge < -0.3 is 10.5 Å². The highest BCUT2D eigenvalue weighted by atomic mass is 16.5. The Labute approximate surface area is 86.1 Å². The fourth-order valence-electron chi connectivity index (χ4n) is 1.22. The summed E-state index contributed by atoms with van der Waals surface area (Å²) in [4.78, 5) is 0. The minimum atomic E-state index is 0.212. The lowest BCUT2D eigenvalue weighted by Gasteiger charge is -2.08. The summed E-state index contributed by atoms with van der Waals surface area (Å²) in [5.41, 5.74) is 6.94. The maximum atomic E-state index is 5.63. The summed E-state index contributed by atoms with van der Waals surface area (Å²) >= 11 is 0. The van der Waals surface area contributed by atoms with Crippen LogP contribution in [-0.2, 0) is 6.42 Å². The van der Waals surface area contributed by atoms with Crippen LogP contribution in [0.2, 0.25) is 0 Å². The van der Waals surface area contributed by atoms with Crippen LogP contribution >= 0.6 is 0 Å². The van der Waals surface area contributed by atoms with Crippen LogP contribution in [0.3, 0.4) is 0 Å². The van der Waals surface area contributed by atoms with Gasteiger partial charge in [0.2, 0.25) is 0 Å². The van der Waals surface area contributed by atoms with Crippen LogP contribution < -0.4 is 10.5 Å². The zero-order valence-corrected chi connectivity index (χ0v) is 8.99. The molecular weight excluding hydrogens is 174 g/mol. The lowest BCUT2D eigenvalue weighted by Crippen LogP contribution is -2.18. The third-order valence-electron chi connectivity index (χ3n) is 2.15. The molecule has 14 heavy (non-hydrogen) atoms. The van der Waals surface area contributed by atoms with E-state index in [1.165, 1.54) is 5.56 Å². The second-order valence-corrected chi connectivity index (χ2v) is 3.62. The molecule has 0 amide bonds. The molecule has 1 atom stereocenters. The minimum Gasteiger partial charge on any atom is -0.494 e. The van der Waals surface area contributed by atoms with Gasteiger partial charge in [0, 0.05) is 6.04 Å². The fourth-order valence-corrected chi connectivity index (χ4v) is 1.22. The lowest BCUT2D eigenvalue weighted by atomic mass is 10.2. The molecule has 0 heterocycles. The topological polar surface area (TPSA) is 35.2 Å². The molecule has 1 unspecified atom stereocenters. The predicted molar refractivity (Wildman–Crippen MR) is 59.6 cm³/mol. The number of hydrogen-bond donors (Lipinski definition) is 1. The lowest BCUT2D eigenvalue weighted by molar-refractivity contribution is 0.301. The summed E-state index contributed by atoms with van der Waals surface area (Å²) in [5, 5.41) is 0. The molecule has 0 aliphatic rings. The minimum absolute atomic E-state index is 0.212. The van der Waals surface area contributed by atoms with Crippen molar-refractivity contribution >= 4 is 0 Å². The van der Waals surface area contributed by atoms with Crippen LogP contribution in [-0.4, -0.2) is 12.6 Å². The normalized spacial score (nSPS) is 12.5. The third kappa shape index (κ3) is 3.79. The third-order valence-corrected chi connectivity index (χ3v) is 2.15. The van der Waals surface area contributed by atoms with Crippen LogP contribution in [0.25, 0.3) is 0 Å². The largest absolute Gasteiger partial charge is 0.494 e. The van der Waals surface area contributed by atoms with Gasteiger partial charge in [0.05, 0.1) is 6.61 Å². The predicted octanol–water partition coefficient (Wildman–Crippen LogP) is 2.37. The quantitative estimate of drug-likeness (QED) is 0.779. The van der Waals surface area contributed by atoms with Gasteiger partial charge in [-0.15, -0.1) is 0 Å². The van der Waals surface area contributed by atoms with Crippen molar-refractivity contribution in [3.05, 3.63) is 29.8 Å². The summed E-state index contributed by atoms with van der Waals surface area (Å²) in [6.45, 7) is 4.83. The second kappa shape index (κ2) is 5.66. The van der Waals surface area contributed by atoms with Crippen LogP contribution in [0.1, 0.15) is 25.8 Å². The van der Waals surface area contributed by atoms with Crippen LogP contribution in [0.15, 0.2) is 24.3 Å². The molecule has 0 aliphatic heterocycles. The molecular formula is C12H19NO. The molecule has 0 saturated heterocycles. The summed E-state index contributed by atoms with van der Waals surface area (Å²) in [7, 11) is 0. The standard InChI is InChI=1S/C12H19NO/c1-3-11-5-4-6-12(9-11)14-8-7-10(2)13/h4-6,9-10H,3,7-8,13H2,1-2H3. The first-order valence-electron chi connectivity index (χ1n) is 5.19. The van der Waals surface area contributed by atoms with Crippen molar-refractivity contribution < 1.29 is 4.74 Å². The molecule has 78 valence electrons. The molecule has 0 aromatic heterocycles. The number of benzene rings is 1. The summed E-state index contributed by atoms with van der Waals surface area (Å²) in [5.74, 6) is 0.949. The highest BCUT2D eigenvalue weighted by Gasteiger charge is 1.97. The van der Waals surface area contributed by atoms with Crippen LogP contribution in [0.4, 0.5) is 0 Å². The van der Waals surface area contributed by atoms with Gasteiger partial charge in [0.1, 0.15) is 5.75 Å². The van der Waals surface area contributed by atoms with Gasteiger partial charge in [-0.25, -0.2) is 0 Å². The highest BCUT2D eigenvalue weighted by Crippen LogP contribution is 2.13. The summed E-state index contributed by atoms with van der Waals surface area (Å²) in [6.07, 6.45) is 1.95. The molecule has 2 N–H and O–H groups in total. The van der Waals surface area contributed by atoms with Gasteiger partial charge in [0.15, 0.2) is 0 Å². The zero-order chi connectivity index (χ0) is 10.4. The average Bonchev–Trinajstić information content (AvgIpc) is 2.18. The summed E-state index contributed by atoms with van der Waals surface area (Å²) < 4.78 is 5.58. The van der Waals surface area contributed by atoms with E-state index in [0.717, 1.165) is 18.6 Å². The highest BCUT2D eigenvalue weighted by molar-refractivity contribution is 5.28. The monoisotopic (exact) mass is 193 g/mol. The van der Waals surface area contributed by atoms with Gasteiger partial charge in [-0.2, -0.15) is 0 Å². The molecule has 0 aliphatic carbocycles. The van der Waals surface area contributed by atoms with Crippen molar-refractivity contribution in [3.8, 4) is 5.75 Å². The van der Waals surface area contributed by atoms with E-state index in [1.54, 1.807) is 0 Å². The number of aryl methyl sites for hydroxylation is 1. The van der Waals surface area contributed by atoms with Crippen molar-refractivity contribution in [3.63, 3.8) is 0 Å². The average molecular weight is 193 g/mol. The molecule has 0 saturated carbocycles. The van der Waals surface area contributed by atoms with E-state index in [2.05, 4.69) is 19.1 Å². The first-order valence-corrected chi connectivity index (χ1v) is 5.19. The van der Waals surface area contributed by atoms with Crippen molar-refractivity contribution in [2.45, 2.75) is 32.7 Å². The van der Waals surface area contributed by atoms with E-state index in [4.69, 9.17) is 10.5 Å². The van der Waals surface area contributed by atoms with E-state index in [9.17, 15) is 0 Å². The Morgan fingerprint density at radius 1 is 1.43 bits per heavy atom. The molecule has 2 nitrogen and oxygen atoms in total. The van der Waals surface area contributed by atoms with Crippen molar-refractivity contribution in [2.24, 2.45) is 5.73 Å². The van der Waals surface area contributed by atoms with E-state index < -0.39 is 0 Å². The molecule has 0 radical (unpaired) electrons. The van der Waals surface area contributed by atoms with Gasteiger partial charge in [-0.3, -0.25) is 0 Å². The Kier molecular flexibility index (Phi) is 4.47. The fraction of sp³-hybridized carbons (Fsp3) is 0.500. The smallest absolute Gasteiger partial charge is 0.119 e. The molecule has 0 fully saturated rings. The Morgan fingerprint density at radius 2 is 2.21 bits per heavy atom. The van der Waals surface area contributed by atoms with Gasteiger partial charge in [-0.05, 0) is 37.5 Å². The van der Waals surface area contributed by atoms with Crippen LogP contribution in [0.5, 0.6) is 5.75 Å². The molecule has 1 aromatic carbocycles. The molecule has 0 bridgehead atoms. The Hall–Kier alpha value is -1.02. The van der Waals surface area contributed by atoms with Gasteiger partial charge >= 0.3 is 0 Å². The zero-order valence-electron chi connectivity index (χ0n) is 8.99. The van der Waals surface area contributed by atoms with Crippen LogP contribution in [0, 0.1) is 0 Å². The van der Waals surface area contributed by atoms with Gasteiger partial charge in [0.25, 0.3) is 0 Å². The van der Waals surface area contributed by atoms with Crippen molar-refractivity contribution in [1.82, 2.24) is 0 Å². The van der Waals surface area contributed by atoms with E-state index in [1.807, 2.05) is 19.1 Å². The van der Waals surface area contributed by atoms with E-state index in [-0.39, 0.29) is 6.04 Å². The molecule has 1 aromatic rings. The summed E-state index contributed by atoms with van der Waals surface area (Å²) in [6, 6.07) is 8.42. The second-order valence-electron chi connectivity index (χ2n) is 3.62. The number of nitrogens with two attached hydrogens (primary N) is 1. The maximum Gasteiger partial charge on any atom is 0.119 e.